The van der Waals surface area contributed by atoms with Crippen molar-refractivity contribution in [2.24, 2.45) is 0 Å². The van der Waals surface area contributed by atoms with Gasteiger partial charge in [-0.25, -0.2) is 4.98 Å². The highest BCUT2D eigenvalue weighted by molar-refractivity contribution is 5.75. The van der Waals surface area contributed by atoms with E-state index in [2.05, 4.69) is 86.9 Å². The van der Waals surface area contributed by atoms with E-state index in [0.29, 0.717) is 25.0 Å². The summed E-state index contributed by atoms with van der Waals surface area (Å²) in [6.07, 6.45) is 2.00. The van der Waals surface area contributed by atoms with Gasteiger partial charge in [0.15, 0.2) is 0 Å². The fraction of sp³-hybridized carbons (Fsp3) is 0.367. The summed E-state index contributed by atoms with van der Waals surface area (Å²) >= 11 is 0. The molecule has 0 atom stereocenters. The Labute approximate surface area is 203 Å². The van der Waals surface area contributed by atoms with Crippen molar-refractivity contribution in [1.82, 2.24) is 9.55 Å². The van der Waals surface area contributed by atoms with Gasteiger partial charge in [-0.15, -0.1) is 0 Å². The maximum Gasteiger partial charge on any atom is 0.147 e. The predicted molar refractivity (Wildman–Crippen MR) is 140 cm³/mol. The molecule has 0 bridgehead atoms. The molecule has 1 aromatic heterocycles. The van der Waals surface area contributed by atoms with Gasteiger partial charge in [-0.2, -0.15) is 0 Å². The second-order valence-electron chi connectivity index (χ2n) is 9.46. The first-order valence-electron chi connectivity index (χ1n) is 12.4. The molecule has 34 heavy (non-hydrogen) atoms. The zero-order valence-corrected chi connectivity index (χ0v) is 20.8. The first kappa shape index (κ1) is 23.9. The molecule has 0 aliphatic heterocycles. The minimum Gasteiger partial charge on any atom is -0.494 e. The number of imidazole rings is 1. The molecule has 0 amide bonds. The van der Waals surface area contributed by atoms with E-state index in [-0.39, 0.29) is 0 Å². The first-order chi connectivity index (χ1) is 16.5. The highest BCUT2D eigenvalue weighted by Crippen LogP contribution is 2.22. The van der Waals surface area contributed by atoms with Gasteiger partial charge in [0.25, 0.3) is 0 Å². The van der Waals surface area contributed by atoms with Crippen LogP contribution in [0.5, 0.6) is 11.5 Å². The van der Waals surface area contributed by atoms with E-state index in [4.69, 9.17) is 14.5 Å². The molecule has 4 heteroatoms. The Bertz CT molecular complexity index is 1170. The average molecular weight is 457 g/mol. The molecule has 0 radical (unpaired) electrons. The molecule has 178 valence electrons. The molecule has 4 rings (SSSR count). The molecular formula is C30H36N2O2. The third-order valence-electron chi connectivity index (χ3n) is 6.24. The molecule has 0 unspecified atom stereocenters. The lowest BCUT2D eigenvalue weighted by Gasteiger charge is -2.12. The van der Waals surface area contributed by atoms with Crippen molar-refractivity contribution in [2.75, 3.05) is 6.61 Å². The molecule has 0 spiro atoms. The number of hydrogen-bond donors (Lipinski definition) is 0. The Kier molecular flexibility index (Phi) is 7.89. The van der Waals surface area contributed by atoms with E-state index >= 15 is 0 Å². The van der Waals surface area contributed by atoms with Gasteiger partial charge >= 0.3 is 0 Å². The molecule has 0 fully saturated rings. The summed E-state index contributed by atoms with van der Waals surface area (Å²) < 4.78 is 14.3. The number of aromatic nitrogens is 2. The molecule has 4 aromatic rings. The van der Waals surface area contributed by atoms with E-state index in [1.165, 1.54) is 11.1 Å². The maximum absolute atomic E-state index is 6.10. The lowest BCUT2D eigenvalue weighted by molar-refractivity contribution is 0.285. The van der Waals surface area contributed by atoms with Gasteiger partial charge in [0.1, 0.15) is 23.9 Å². The van der Waals surface area contributed by atoms with Gasteiger partial charge < -0.3 is 14.0 Å². The Hall–Kier alpha value is -3.27. The van der Waals surface area contributed by atoms with Crippen LogP contribution >= 0.6 is 0 Å². The summed E-state index contributed by atoms with van der Waals surface area (Å²) in [4.78, 5) is 4.85. The number of benzene rings is 3. The summed E-state index contributed by atoms with van der Waals surface area (Å²) in [5.41, 5.74) is 4.82. The van der Waals surface area contributed by atoms with E-state index in [0.717, 1.165) is 47.7 Å². The fourth-order valence-electron chi connectivity index (χ4n) is 4.09. The van der Waals surface area contributed by atoms with Crippen LogP contribution in [0.4, 0.5) is 0 Å². The third-order valence-corrected chi connectivity index (χ3v) is 6.24. The summed E-state index contributed by atoms with van der Waals surface area (Å²) in [5, 5.41) is 0. The van der Waals surface area contributed by atoms with Gasteiger partial charge in [-0.05, 0) is 72.2 Å². The van der Waals surface area contributed by atoms with Gasteiger partial charge in [-0.1, -0.05) is 64.1 Å². The van der Waals surface area contributed by atoms with E-state index in [1.54, 1.807) is 0 Å². The van der Waals surface area contributed by atoms with Crippen molar-refractivity contribution >= 4 is 11.0 Å². The standard InChI is InChI=1S/C30H36N2O2/c1-22(2)24-11-15-26(16-12-24)33-20-8-7-19-32-29-10-6-5-9-28(29)31-30(32)21-34-27-17-13-25(14-18-27)23(3)4/h5-6,9-18,22-23H,7-8,19-21H2,1-4H3. The minimum atomic E-state index is 0.453. The van der Waals surface area contributed by atoms with Crippen LogP contribution in [0.3, 0.4) is 0 Å². The molecule has 0 aliphatic carbocycles. The molecule has 3 aromatic carbocycles. The van der Waals surface area contributed by atoms with Crippen LogP contribution in [0.15, 0.2) is 72.8 Å². The molecule has 0 N–H and O–H groups in total. The number of aryl methyl sites for hydroxylation is 1. The lowest BCUT2D eigenvalue weighted by Crippen LogP contribution is -2.09. The number of nitrogens with zero attached hydrogens (tertiary/aromatic N) is 2. The van der Waals surface area contributed by atoms with Crippen LogP contribution in [0.2, 0.25) is 0 Å². The molecule has 0 saturated heterocycles. The monoisotopic (exact) mass is 456 g/mol. The smallest absolute Gasteiger partial charge is 0.147 e. The molecule has 1 heterocycles. The average Bonchev–Trinajstić information content (AvgIpc) is 3.20. The largest absolute Gasteiger partial charge is 0.494 e. The molecule has 0 aliphatic rings. The maximum atomic E-state index is 6.10. The summed E-state index contributed by atoms with van der Waals surface area (Å²) in [5.74, 6) is 3.83. The fourth-order valence-corrected chi connectivity index (χ4v) is 4.09. The van der Waals surface area contributed by atoms with Crippen molar-refractivity contribution in [3.05, 3.63) is 89.7 Å². The lowest BCUT2D eigenvalue weighted by atomic mass is 10.0. The Balaban J connectivity index is 1.34. The quantitative estimate of drug-likeness (QED) is 0.217. The van der Waals surface area contributed by atoms with Gasteiger partial charge in [0.05, 0.1) is 17.6 Å². The van der Waals surface area contributed by atoms with Crippen LogP contribution in [-0.2, 0) is 13.2 Å². The van der Waals surface area contributed by atoms with Crippen LogP contribution < -0.4 is 9.47 Å². The number of para-hydroxylation sites is 2. The number of ether oxygens (including phenoxy) is 2. The summed E-state index contributed by atoms with van der Waals surface area (Å²) in [6, 6.07) is 25.1. The third kappa shape index (κ3) is 5.99. The molecule has 4 nitrogen and oxygen atoms in total. The Morgan fingerprint density at radius 1 is 0.706 bits per heavy atom. The second kappa shape index (κ2) is 11.2. The topological polar surface area (TPSA) is 36.3 Å². The van der Waals surface area contributed by atoms with Crippen LogP contribution in [0, 0.1) is 0 Å². The molecular weight excluding hydrogens is 420 g/mol. The number of hydrogen-bond acceptors (Lipinski definition) is 3. The van der Waals surface area contributed by atoms with E-state index < -0.39 is 0 Å². The normalized spacial score (nSPS) is 11.5. The SMILES string of the molecule is CC(C)c1ccc(OCCCCn2c(COc3ccc(C(C)C)cc3)nc3ccccc32)cc1. The Morgan fingerprint density at radius 2 is 1.29 bits per heavy atom. The van der Waals surface area contributed by atoms with E-state index in [1.807, 2.05) is 18.2 Å². The van der Waals surface area contributed by atoms with Gasteiger partial charge in [-0.3, -0.25) is 0 Å². The van der Waals surface area contributed by atoms with Crippen molar-refractivity contribution in [3.8, 4) is 11.5 Å². The van der Waals surface area contributed by atoms with Crippen LogP contribution in [-0.4, -0.2) is 16.2 Å². The van der Waals surface area contributed by atoms with Crippen molar-refractivity contribution < 1.29 is 9.47 Å². The second-order valence-corrected chi connectivity index (χ2v) is 9.46. The number of unbranched alkanes of at least 4 members (excludes halogenated alkanes) is 1. The minimum absolute atomic E-state index is 0.453. The van der Waals surface area contributed by atoms with Gasteiger partial charge in [0.2, 0.25) is 0 Å². The first-order valence-corrected chi connectivity index (χ1v) is 12.4. The number of rotatable bonds is 11. The summed E-state index contributed by atoms with van der Waals surface area (Å²) in [6.45, 7) is 10.9. The highest BCUT2D eigenvalue weighted by atomic mass is 16.5. The highest BCUT2D eigenvalue weighted by Gasteiger charge is 2.11. The summed E-state index contributed by atoms with van der Waals surface area (Å²) in [7, 11) is 0. The van der Waals surface area contributed by atoms with Gasteiger partial charge in [0, 0.05) is 6.54 Å². The van der Waals surface area contributed by atoms with Crippen molar-refractivity contribution in [3.63, 3.8) is 0 Å². The van der Waals surface area contributed by atoms with Crippen LogP contribution in [0.25, 0.3) is 11.0 Å². The Morgan fingerprint density at radius 3 is 1.91 bits per heavy atom. The van der Waals surface area contributed by atoms with Crippen molar-refractivity contribution in [1.29, 1.82) is 0 Å². The zero-order valence-electron chi connectivity index (χ0n) is 20.8. The van der Waals surface area contributed by atoms with E-state index in [9.17, 15) is 0 Å². The molecule has 0 saturated carbocycles. The van der Waals surface area contributed by atoms with Crippen molar-refractivity contribution in [2.45, 2.75) is 65.5 Å². The zero-order chi connectivity index (χ0) is 23.9. The van der Waals surface area contributed by atoms with Crippen LogP contribution in [0.1, 0.15) is 69.3 Å². The predicted octanol–water partition coefficient (Wildman–Crippen LogP) is 7.72. The number of fused-ring (bicyclic) bond motifs is 1.